The largest absolute Gasteiger partial charge is 0.428 e. The molecule has 178 valence electrons. The lowest BCUT2D eigenvalue weighted by Gasteiger charge is -2.37. The van der Waals surface area contributed by atoms with Crippen molar-refractivity contribution < 1.29 is 23.9 Å². The van der Waals surface area contributed by atoms with E-state index < -0.39 is 0 Å². The summed E-state index contributed by atoms with van der Waals surface area (Å²) in [5.41, 5.74) is 1.05. The molecular weight excluding hydrogens is 432 g/mol. The molecule has 1 heterocycles. The van der Waals surface area contributed by atoms with Crippen molar-refractivity contribution in [1.82, 2.24) is 10.2 Å². The second kappa shape index (κ2) is 9.20. The van der Waals surface area contributed by atoms with Gasteiger partial charge in [0.1, 0.15) is 5.75 Å². The molecule has 0 unspecified atom stereocenters. The molecule has 1 N–H and O–H groups in total. The average molecular weight is 463 g/mol. The predicted octanol–water partition coefficient (Wildman–Crippen LogP) is 4.61. The molecule has 3 amide bonds. The average Bonchev–Trinajstić information content (AvgIpc) is 2.84. The molecule has 7 heteroatoms. The number of benzene rings is 2. The Balaban J connectivity index is 1.59. The van der Waals surface area contributed by atoms with E-state index in [0.29, 0.717) is 39.9 Å². The first-order chi connectivity index (χ1) is 16.5. The monoisotopic (exact) mass is 462 g/mol. The third-order valence-electron chi connectivity index (χ3n) is 7.73. The summed E-state index contributed by atoms with van der Waals surface area (Å²) in [7, 11) is 0. The zero-order valence-electron chi connectivity index (χ0n) is 19.5. The standard InChI is InChI=1S/C27H30N2O5/c1-16-7-9-18(10-8-16)29-26(32)20-12-11-19(25(31)28-17-5-3-2-4-6-17)24-22(34-15-30)14-13-21(23(20)24)27(29)33/h11-18H,2-10H2,1H3,(H,28,31). The number of nitrogens with zero attached hydrogens (tertiary/aromatic N) is 1. The highest BCUT2D eigenvalue weighted by Gasteiger charge is 2.39. The zero-order valence-corrected chi connectivity index (χ0v) is 19.5. The van der Waals surface area contributed by atoms with Gasteiger partial charge in [-0.15, -0.1) is 0 Å². The topological polar surface area (TPSA) is 92.8 Å². The predicted molar refractivity (Wildman–Crippen MR) is 127 cm³/mol. The summed E-state index contributed by atoms with van der Waals surface area (Å²) in [5, 5.41) is 3.83. The highest BCUT2D eigenvalue weighted by Crippen LogP contribution is 2.40. The number of carbonyl (C=O) groups is 4. The van der Waals surface area contributed by atoms with Crippen molar-refractivity contribution >= 4 is 35.0 Å². The van der Waals surface area contributed by atoms with Crippen LogP contribution in [0.5, 0.6) is 5.75 Å². The van der Waals surface area contributed by atoms with Crippen molar-refractivity contribution in [2.24, 2.45) is 5.92 Å². The summed E-state index contributed by atoms with van der Waals surface area (Å²) in [5.74, 6) is -0.204. The van der Waals surface area contributed by atoms with Gasteiger partial charge in [0.25, 0.3) is 24.2 Å². The Kier molecular flexibility index (Phi) is 6.11. The maximum Gasteiger partial charge on any atom is 0.298 e. The quantitative estimate of drug-likeness (QED) is 0.517. The number of rotatable bonds is 5. The summed E-state index contributed by atoms with van der Waals surface area (Å²) in [6, 6.07) is 6.36. The van der Waals surface area contributed by atoms with Crippen LogP contribution in [0.15, 0.2) is 24.3 Å². The van der Waals surface area contributed by atoms with E-state index in [9.17, 15) is 19.2 Å². The molecular formula is C27H30N2O5. The van der Waals surface area contributed by atoms with Crippen molar-refractivity contribution in [3.63, 3.8) is 0 Å². The Morgan fingerprint density at radius 2 is 1.56 bits per heavy atom. The molecule has 0 aromatic heterocycles. The third kappa shape index (κ3) is 3.87. The maximum absolute atomic E-state index is 13.6. The fourth-order valence-corrected chi connectivity index (χ4v) is 5.85. The van der Waals surface area contributed by atoms with E-state index in [2.05, 4.69) is 12.2 Å². The van der Waals surface area contributed by atoms with Gasteiger partial charge in [-0.3, -0.25) is 24.1 Å². The van der Waals surface area contributed by atoms with Crippen LogP contribution in [0.1, 0.15) is 95.8 Å². The first kappa shape index (κ1) is 22.6. The Morgan fingerprint density at radius 3 is 2.21 bits per heavy atom. The van der Waals surface area contributed by atoms with Crippen molar-refractivity contribution in [3.05, 3.63) is 41.0 Å². The summed E-state index contributed by atoms with van der Waals surface area (Å²) in [4.78, 5) is 53.0. The Hall–Kier alpha value is -3.22. The number of hydrogen-bond acceptors (Lipinski definition) is 5. The first-order valence-electron chi connectivity index (χ1n) is 12.4. The van der Waals surface area contributed by atoms with E-state index in [1.165, 1.54) is 11.3 Å². The van der Waals surface area contributed by atoms with E-state index in [-0.39, 0.29) is 35.6 Å². The van der Waals surface area contributed by atoms with E-state index in [1.54, 1.807) is 24.3 Å². The molecule has 5 rings (SSSR count). The van der Waals surface area contributed by atoms with Gasteiger partial charge < -0.3 is 10.1 Å². The number of nitrogens with one attached hydrogen (secondary N) is 1. The highest BCUT2D eigenvalue weighted by atomic mass is 16.5. The van der Waals surface area contributed by atoms with Crippen LogP contribution < -0.4 is 10.1 Å². The van der Waals surface area contributed by atoms with Crippen molar-refractivity contribution in [2.75, 3.05) is 0 Å². The van der Waals surface area contributed by atoms with Gasteiger partial charge in [0, 0.05) is 34.0 Å². The SMILES string of the molecule is CC1CCC(N2C(=O)c3ccc(OC=O)c4c(C(=O)NC5CCCCC5)ccc(c34)C2=O)CC1. The number of ether oxygens (including phenoxy) is 1. The van der Waals surface area contributed by atoms with Crippen LogP contribution in [0.25, 0.3) is 10.8 Å². The van der Waals surface area contributed by atoms with Crippen molar-refractivity contribution in [1.29, 1.82) is 0 Å². The minimum absolute atomic E-state index is 0.0925. The van der Waals surface area contributed by atoms with Gasteiger partial charge >= 0.3 is 0 Å². The molecule has 0 spiro atoms. The molecule has 2 aliphatic carbocycles. The maximum atomic E-state index is 13.6. The molecule has 0 saturated heterocycles. The highest BCUT2D eigenvalue weighted by molar-refractivity contribution is 6.28. The number of hydrogen-bond donors (Lipinski definition) is 1. The van der Waals surface area contributed by atoms with E-state index in [1.807, 2.05) is 0 Å². The van der Waals surface area contributed by atoms with Crippen LogP contribution in [-0.4, -0.2) is 41.2 Å². The van der Waals surface area contributed by atoms with Gasteiger partial charge in [0.05, 0.1) is 5.56 Å². The molecule has 34 heavy (non-hydrogen) atoms. The first-order valence-corrected chi connectivity index (χ1v) is 12.4. The lowest BCUT2D eigenvalue weighted by molar-refractivity contribution is -0.120. The molecule has 1 aliphatic heterocycles. The molecule has 3 aliphatic rings. The Morgan fingerprint density at radius 1 is 0.912 bits per heavy atom. The van der Waals surface area contributed by atoms with Crippen LogP contribution in [0.4, 0.5) is 0 Å². The van der Waals surface area contributed by atoms with E-state index in [4.69, 9.17) is 4.74 Å². The fraction of sp³-hybridized carbons (Fsp3) is 0.481. The van der Waals surface area contributed by atoms with Gasteiger partial charge in [0.2, 0.25) is 0 Å². The van der Waals surface area contributed by atoms with Crippen LogP contribution in [0.2, 0.25) is 0 Å². The number of imide groups is 1. The molecule has 0 bridgehead atoms. The van der Waals surface area contributed by atoms with Gasteiger partial charge in [0.15, 0.2) is 0 Å². The summed E-state index contributed by atoms with van der Waals surface area (Å²) < 4.78 is 5.21. The number of carbonyl (C=O) groups excluding carboxylic acids is 4. The van der Waals surface area contributed by atoms with Crippen molar-refractivity contribution in [3.8, 4) is 5.75 Å². The smallest absolute Gasteiger partial charge is 0.298 e. The molecule has 7 nitrogen and oxygen atoms in total. The van der Waals surface area contributed by atoms with Crippen LogP contribution in [0.3, 0.4) is 0 Å². The fourth-order valence-electron chi connectivity index (χ4n) is 5.85. The Bertz CT molecular complexity index is 1140. The molecule has 2 aromatic carbocycles. The normalized spacial score (nSPS) is 23.1. The van der Waals surface area contributed by atoms with Gasteiger partial charge in [-0.25, -0.2) is 0 Å². The molecule has 0 radical (unpaired) electrons. The van der Waals surface area contributed by atoms with Crippen LogP contribution in [0, 0.1) is 5.92 Å². The van der Waals surface area contributed by atoms with Crippen LogP contribution >= 0.6 is 0 Å². The van der Waals surface area contributed by atoms with Gasteiger partial charge in [-0.2, -0.15) is 0 Å². The van der Waals surface area contributed by atoms with Crippen LogP contribution in [-0.2, 0) is 4.79 Å². The molecule has 2 saturated carbocycles. The summed E-state index contributed by atoms with van der Waals surface area (Å²) in [6.45, 7) is 2.50. The third-order valence-corrected chi connectivity index (χ3v) is 7.73. The minimum atomic E-state index is -0.343. The lowest BCUT2D eigenvalue weighted by Crippen LogP contribution is -2.48. The second-order valence-corrected chi connectivity index (χ2v) is 9.94. The number of amides is 3. The zero-order chi connectivity index (χ0) is 23.8. The molecule has 2 fully saturated rings. The second-order valence-electron chi connectivity index (χ2n) is 9.94. The molecule has 0 atom stereocenters. The summed E-state index contributed by atoms with van der Waals surface area (Å²) in [6.07, 6.45) is 8.74. The molecule has 2 aromatic rings. The van der Waals surface area contributed by atoms with E-state index >= 15 is 0 Å². The minimum Gasteiger partial charge on any atom is -0.428 e. The van der Waals surface area contributed by atoms with E-state index in [0.717, 1.165) is 51.4 Å². The summed E-state index contributed by atoms with van der Waals surface area (Å²) >= 11 is 0. The van der Waals surface area contributed by atoms with Crippen molar-refractivity contribution in [2.45, 2.75) is 76.8 Å². The van der Waals surface area contributed by atoms with Gasteiger partial charge in [-0.1, -0.05) is 26.2 Å². The Labute approximate surface area is 198 Å². The lowest BCUT2D eigenvalue weighted by atomic mass is 9.84. The van der Waals surface area contributed by atoms with Gasteiger partial charge in [-0.05, 0) is 68.7 Å².